The third-order valence-corrected chi connectivity index (χ3v) is 4.73. The second-order valence-electron chi connectivity index (χ2n) is 6.36. The highest BCUT2D eigenvalue weighted by molar-refractivity contribution is 6.31. The van der Waals surface area contributed by atoms with Gasteiger partial charge in [0.2, 0.25) is 0 Å². The van der Waals surface area contributed by atoms with Crippen molar-refractivity contribution in [3.63, 3.8) is 0 Å². The molecule has 3 rings (SSSR count). The average molecular weight is 385 g/mol. The van der Waals surface area contributed by atoms with Gasteiger partial charge in [0.25, 0.3) is 5.91 Å². The molecule has 27 heavy (non-hydrogen) atoms. The zero-order valence-electron chi connectivity index (χ0n) is 15.7. The Morgan fingerprint density at radius 1 is 1.30 bits per heavy atom. The Balaban J connectivity index is 1.75. The van der Waals surface area contributed by atoms with E-state index in [9.17, 15) is 4.79 Å². The van der Waals surface area contributed by atoms with Crippen LogP contribution >= 0.6 is 11.6 Å². The molecule has 140 valence electrons. The van der Waals surface area contributed by atoms with Crippen molar-refractivity contribution in [3.05, 3.63) is 75.0 Å². The van der Waals surface area contributed by atoms with Gasteiger partial charge >= 0.3 is 0 Å². The first-order chi connectivity index (χ1) is 12.9. The largest absolute Gasteiger partial charge is 0.466 e. The van der Waals surface area contributed by atoms with E-state index in [1.54, 1.807) is 26.1 Å². The summed E-state index contributed by atoms with van der Waals surface area (Å²) in [5, 5.41) is 9.35. The molecule has 0 saturated carbocycles. The predicted octanol–water partition coefficient (Wildman–Crippen LogP) is 4.18. The number of nitrogens with one attached hydrogen (secondary N) is 1. The van der Waals surface area contributed by atoms with Crippen molar-refractivity contribution in [2.24, 2.45) is 5.10 Å². The third-order valence-electron chi connectivity index (χ3n) is 4.36. The monoisotopic (exact) mass is 384 g/mol. The molecular weight excluding hydrogens is 364 g/mol. The summed E-state index contributed by atoms with van der Waals surface area (Å²) in [5.41, 5.74) is 6.64. The summed E-state index contributed by atoms with van der Waals surface area (Å²) in [4.78, 5) is 12.2. The first-order valence-corrected chi connectivity index (χ1v) is 8.92. The average Bonchev–Trinajstić information content (AvgIpc) is 3.09. The van der Waals surface area contributed by atoms with E-state index in [2.05, 4.69) is 15.6 Å². The maximum absolute atomic E-state index is 12.2. The number of nitrogens with zero attached hydrogens (tertiary/aromatic N) is 3. The Hall–Kier alpha value is -2.86. The standard InChI is InChI=1S/C20H21ClN4O2/c1-12-9-17(15(4)27-12)20(26)23-22-10-18-13(2)24-25(14(18)3)11-16-7-5-6-8-19(16)21/h5-10H,11H2,1-4H3,(H,23,26)/b22-10+. The molecule has 0 aliphatic heterocycles. The van der Waals surface area contributed by atoms with Gasteiger partial charge in [0, 0.05) is 16.3 Å². The number of hydrogen-bond donors (Lipinski definition) is 1. The van der Waals surface area contributed by atoms with Gasteiger partial charge in [-0.3, -0.25) is 9.48 Å². The van der Waals surface area contributed by atoms with Crippen LogP contribution in [0.4, 0.5) is 0 Å². The highest BCUT2D eigenvalue weighted by atomic mass is 35.5. The van der Waals surface area contributed by atoms with Gasteiger partial charge in [0.15, 0.2) is 0 Å². The lowest BCUT2D eigenvalue weighted by atomic mass is 10.2. The van der Waals surface area contributed by atoms with Gasteiger partial charge in [0.05, 0.1) is 24.0 Å². The molecule has 0 atom stereocenters. The minimum atomic E-state index is -0.306. The molecule has 0 spiro atoms. The fourth-order valence-electron chi connectivity index (χ4n) is 2.91. The number of aromatic nitrogens is 2. The smallest absolute Gasteiger partial charge is 0.274 e. The zero-order chi connectivity index (χ0) is 19.6. The molecule has 0 bridgehead atoms. The van der Waals surface area contributed by atoms with Crippen LogP contribution in [0.15, 0.2) is 39.9 Å². The fraction of sp³-hybridized carbons (Fsp3) is 0.250. The van der Waals surface area contributed by atoms with Crippen LogP contribution in [-0.4, -0.2) is 21.9 Å². The van der Waals surface area contributed by atoms with Crippen molar-refractivity contribution >= 4 is 23.7 Å². The van der Waals surface area contributed by atoms with Gasteiger partial charge in [-0.25, -0.2) is 5.43 Å². The van der Waals surface area contributed by atoms with E-state index in [0.717, 1.165) is 22.5 Å². The molecule has 0 saturated heterocycles. The van der Waals surface area contributed by atoms with Crippen LogP contribution in [0.5, 0.6) is 0 Å². The molecule has 0 aliphatic rings. The quantitative estimate of drug-likeness (QED) is 0.530. The molecule has 0 unspecified atom stereocenters. The topological polar surface area (TPSA) is 72.4 Å². The van der Waals surface area contributed by atoms with Crippen molar-refractivity contribution in [1.29, 1.82) is 0 Å². The maximum atomic E-state index is 12.2. The molecule has 3 aromatic rings. The van der Waals surface area contributed by atoms with Gasteiger partial charge in [-0.1, -0.05) is 29.8 Å². The van der Waals surface area contributed by atoms with Crippen LogP contribution in [0.2, 0.25) is 5.02 Å². The molecule has 7 heteroatoms. The number of hydrazone groups is 1. The minimum absolute atomic E-state index is 0.306. The van der Waals surface area contributed by atoms with Crippen molar-refractivity contribution in [2.45, 2.75) is 34.2 Å². The van der Waals surface area contributed by atoms with Crippen LogP contribution in [-0.2, 0) is 6.54 Å². The van der Waals surface area contributed by atoms with Crippen molar-refractivity contribution in [3.8, 4) is 0 Å². The zero-order valence-corrected chi connectivity index (χ0v) is 16.5. The van der Waals surface area contributed by atoms with E-state index in [4.69, 9.17) is 16.0 Å². The van der Waals surface area contributed by atoms with Gasteiger partial charge in [-0.2, -0.15) is 10.2 Å². The summed E-state index contributed by atoms with van der Waals surface area (Å²) in [6.45, 7) is 7.98. The van der Waals surface area contributed by atoms with Crippen LogP contribution < -0.4 is 5.43 Å². The van der Waals surface area contributed by atoms with Gasteiger partial charge in [-0.05, 0) is 45.4 Å². The Kier molecular flexibility index (Phi) is 5.46. The number of furan rings is 1. The molecule has 1 aromatic carbocycles. The molecule has 0 radical (unpaired) electrons. The predicted molar refractivity (Wildman–Crippen MR) is 105 cm³/mol. The second kappa shape index (κ2) is 7.80. The summed E-state index contributed by atoms with van der Waals surface area (Å²) in [5.74, 6) is 0.952. The fourth-order valence-corrected chi connectivity index (χ4v) is 3.11. The number of carbonyl (C=O) groups is 1. The normalized spacial score (nSPS) is 11.3. The molecule has 1 N–H and O–H groups in total. The van der Waals surface area contributed by atoms with Crippen LogP contribution in [0.3, 0.4) is 0 Å². The van der Waals surface area contributed by atoms with E-state index in [1.807, 2.05) is 42.8 Å². The third kappa shape index (κ3) is 4.11. The lowest BCUT2D eigenvalue weighted by Crippen LogP contribution is -2.17. The first-order valence-electron chi connectivity index (χ1n) is 8.54. The summed E-state index contributed by atoms with van der Waals surface area (Å²) in [6.07, 6.45) is 1.61. The minimum Gasteiger partial charge on any atom is -0.466 e. The number of carbonyl (C=O) groups excluding carboxylic acids is 1. The molecule has 1 amide bonds. The summed E-state index contributed by atoms with van der Waals surface area (Å²) in [7, 11) is 0. The molecule has 0 fully saturated rings. The Labute approximate surface area is 162 Å². The van der Waals surface area contributed by atoms with E-state index >= 15 is 0 Å². The van der Waals surface area contributed by atoms with E-state index in [0.29, 0.717) is 28.7 Å². The number of rotatable bonds is 5. The van der Waals surface area contributed by atoms with Crippen LogP contribution in [0, 0.1) is 27.7 Å². The van der Waals surface area contributed by atoms with E-state index in [-0.39, 0.29) is 5.91 Å². The Bertz CT molecular complexity index is 1020. The summed E-state index contributed by atoms with van der Waals surface area (Å²) in [6, 6.07) is 9.38. The van der Waals surface area contributed by atoms with Gasteiger partial charge < -0.3 is 4.42 Å². The lowest BCUT2D eigenvalue weighted by molar-refractivity contribution is 0.0953. The van der Waals surface area contributed by atoms with Crippen molar-refractivity contribution in [1.82, 2.24) is 15.2 Å². The number of amides is 1. The van der Waals surface area contributed by atoms with E-state index in [1.165, 1.54) is 0 Å². The molecule has 2 heterocycles. The van der Waals surface area contributed by atoms with Crippen molar-refractivity contribution in [2.75, 3.05) is 0 Å². The van der Waals surface area contributed by atoms with Crippen LogP contribution in [0.1, 0.15) is 44.4 Å². The molecule has 0 aliphatic carbocycles. The number of benzene rings is 1. The van der Waals surface area contributed by atoms with E-state index < -0.39 is 0 Å². The van der Waals surface area contributed by atoms with Gasteiger partial charge in [0.1, 0.15) is 11.5 Å². The molecule has 2 aromatic heterocycles. The Morgan fingerprint density at radius 3 is 2.70 bits per heavy atom. The SMILES string of the molecule is Cc1cc(C(=O)N/N=C/c2c(C)nn(Cc3ccccc3Cl)c2C)c(C)o1. The summed E-state index contributed by atoms with van der Waals surface area (Å²) >= 11 is 6.24. The molecule has 6 nitrogen and oxygen atoms in total. The van der Waals surface area contributed by atoms with Crippen molar-refractivity contribution < 1.29 is 9.21 Å². The second-order valence-corrected chi connectivity index (χ2v) is 6.77. The Morgan fingerprint density at radius 2 is 2.04 bits per heavy atom. The number of hydrogen-bond acceptors (Lipinski definition) is 4. The van der Waals surface area contributed by atoms with Gasteiger partial charge in [-0.15, -0.1) is 0 Å². The highest BCUT2D eigenvalue weighted by Crippen LogP contribution is 2.19. The lowest BCUT2D eigenvalue weighted by Gasteiger charge is -2.06. The van der Waals surface area contributed by atoms with Crippen LogP contribution in [0.25, 0.3) is 0 Å². The molecular formula is C20H21ClN4O2. The number of halogens is 1. The highest BCUT2D eigenvalue weighted by Gasteiger charge is 2.14. The maximum Gasteiger partial charge on any atom is 0.274 e. The number of aryl methyl sites for hydroxylation is 3. The first kappa shape index (κ1) is 18.9. The summed E-state index contributed by atoms with van der Waals surface area (Å²) < 4.78 is 7.25.